The smallest absolute Gasteiger partial charge is 0.252 e. The van der Waals surface area contributed by atoms with E-state index >= 15 is 0 Å². The van der Waals surface area contributed by atoms with Gasteiger partial charge >= 0.3 is 0 Å². The van der Waals surface area contributed by atoms with Crippen molar-refractivity contribution in [2.24, 2.45) is 0 Å². The quantitative estimate of drug-likeness (QED) is 0.750. The van der Waals surface area contributed by atoms with Gasteiger partial charge in [-0.05, 0) is 58.0 Å². The number of H-pyrrole nitrogens is 1. The van der Waals surface area contributed by atoms with Crippen molar-refractivity contribution in [2.75, 3.05) is 20.1 Å². The second-order valence-corrected chi connectivity index (χ2v) is 7.59. The summed E-state index contributed by atoms with van der Waals surface area (Å²) in [4.78, 5) is 20.3. The summed E-state index contributed by atoms with van der Waals surface area (Å²) in [5.41, 5.74) is 5.38. The minimum atomic E-state index is -0.0301. The van der Waals surface area contributed by atoms with Gasteiger partial charge < -0.3 is 10.2 Å². The molecule has 6 nitrogen and oxygen atoms in total. The van der Waals surface area contributed by atoms with Gasteiger partial charge in [-0.15, -0.1) is 0 Å². The Kier molecular flexibility index (Phi) is 4.66. The number of pyridine rings is 1. The minimum Gasteiger partial charge on any atom is -0.348 e. The molecule has 0 radical (unpaired) electrons. The number of amides is 1. The molecule has 1 aliphatic heterocycles. The van der Waals surface area contributed by atoms with Gasteiger partial charge in [0.2, 0.25) is 0 Å². The Balaban J connectivity index is 1.78. The van der Waals surface area contributed by atoms with Crippen molar-refractivity contribution in [2.45, 2.75) is 32.7 Å². The molecule has 3 aromatic rings. The van der Waals surface area contributed by atoms with E-state index in [9.17, 15) is 4.79 Å². The SMILES string of the molecule is Cc1cc(C)c2nc(-c3cn[nH]c3)cc(C(=O)N[C@H]3CCCN(C)C3)c2c1. The van der Waals surface area contributed by atoms with Crippen LogP contribution < -0.4 is 5.32 Å². The Morgan fingerprint density at radius 3 is 2.89 bits per heavy atom. The Bertz CT molecular complexity index is 980. The number of fused-ring (bicyclic) bond motifs is 1. The average Bonchev–Trinajstić information content (AvgIpc) is 3.15. The van der Waals surface area contributed by atoms with Crippen LogP contribution in [0, 0.1) is 13.8 Å². The van der Waals surface area contributed by atoms with Crippen LogP contribution in [0.15, 0.2) is 30.6 Å². The van der Waals surface area contributed by atoms with E-state index in [0.717, 1.165) is 59.2 Å². The lowest BCUT2D eigenvalue weighted by Crippen LogP contribution is -2.46. The van der Waals surface area contributed by atoms with Gasteiger partial charge in [0.05, 0.1) is 23.0 Å². The number of nitrogens with zero attached hydrogens (tertiary/aromatic N) is 3. The van der Waals surface area contributed by atoms with Crippen molar-refractivity contribution < 1.29 is 4.79 Å². The summed E-state index contributed by atoms with van der Waals surface area (Å²) in [6.07, 6.45) is 5.66. The number of hydrogen-bond donors (Lipinski definition) is 2. The molecule has 140 valence electrons. The Morgan fingerprint density at radius 1 is 1.30 bits per heavy atom. The first-order valence-electron chi connectivity index (χ1n) is 9.42. The fourth-order valence-corrected chi connectivity index (χ4v) is 3.95. The van der Waals surface area contributed by atoms with Gasteiger partial charge in [0.25, 0.3) is 5.91 Å². The van der Waals surface area contributed by atoms with E-state index in [1.165, 1.54) is 0 Å². The molecule has 6 heteroatoms. The summed E-state index contributed by atoms with van der Waals surface area (Å²) in [6, 6.07) is 6.22. The highest BCUT2D eigenvalue weighted by molar-refractivity contribution is 6.08. The van der Waals surface area contributed by atoms with E-state index in [4.69, 9.17) is 4.98 Å². The molecule has 2 aromatic heterocycles. The van der Waals surface area contributed by atoms with E-state index in [-0.39, 0.29) is 11.9 Å². The number of aryl methyl sites for hydroxylation is 2. The highest BCUT2D eigenvalue weighted by Crippen LogP contribution is 2.27. The summed E-state index contributed by atoms with van der Waals surface area (Å²) >= 11 is 0. The molecule has 27 heavy (non-hydrogen) atoms. The second-order valence-electron chi connectivity index (χ2n) is 7.59. The molecule has 0 aliphatic carbocycles. The third-order valence-electron chi connectivity index (χ3n) is 5.25. The van der Waals surface area contributed by atoms with Crippen molar-refractivity contribution in [1.82, 2.24) is 25.4 Å². The van der Waals surface area contributed by atoms with Crippen LogP contribution in [0.25, 0.3) is 22.2 Å². The van der Waals surface area contributed by atoms with Gasteiger partial charge in [-0.1, -0.05) is 11.6 Å². The molecule has 1 aromatic carbocycles. The van der Waals surface area contributed by atoms with Crippen molar-refractivity contribution in [1.29, 1.82) is 0 Å². The van der Waals surface area contributed by atoms with E-state index in [0.29, 0.717) is 5.56 Å². The molecule has 0 saturated carbocycles. The fourth-order valence-electron chi connectivity index (χ4n) is 3.95. The van der Waals surface area contributed by atoms with Gasteiger partial charge in [0.1, 0.15) is 0 Å². The highest BCUT2D eigenvalue weighted by atomic mass is 16.1. The van der Waals surface area contributed by atoms with Crippen molar-refractivity contribution >= 4 is 16.8 Å². The summed E-state index contributed by atoms with van der Waals surface area (Å²) < 4.78 is 0. The molecular weight excluding hydrogens is 338 g/mol. The first-order valence-corrected chi connectivity index (χ1v) is 9.42. The van der Waals surface area contributed by atoms with Gasteiger partial charge in [-0.3, -0.25) is 9.89 Å². The number of likely N-dealkylation sites (N-methyl/N-ethyl adjacent to an activating group) is 1. The number of carbonyl (C=O) groups is 1. The number of aromatic amines is 1. The van der Waals surface area contributed by atoms with Crippen LogP contribution in [-0.2, 0) is 0 Å². The zero-order chi connectivity index (χ0) is 19.0. The van der Waals surface area contributed by atoms with Crippen molar-refractivity contribution in [3.8, 4) is 11.3 Å². The maximum Gasteiger partial charge on any atom is 0.252 e. The standard InChI is InChI=1S/C21H25N5O/c1-13-7-14(2)20-17(8-13)18(9-19(25-20)15-10-22-23-11-15)21(27)24-16-5-4-6-26(3)12-16/h7-11,16H,4-6,12H2,1-3H3,(H,22,23)(H,24,27)/t16-/m0/s1. The Morgan fingerprint density at radius 2 is 2.15 bits per heavy atom. The highest BCUT2D eigenvalue weighted by Gasteiger charge is 2.22. The van der Waals surface area contributed by atoms with Gasteiger partial charge in [0.15, 0.2) is 0 Å². The molecule has 4 rings (SSSR count). The third kappa shape index (κ3) is 3.57. The van der Waals surface area contributed by atoms with E-state index < -0.39 is 0 Å². The largest absolute Gasteiger partial charge is 0.348 e. The summed E-state index contributed by atoms with van der Waals surface area (Å²) in [7, 11) is 2.10. The predicted octanol–water partition coefficient (Wildman–Crippen LogP) is 3.07. The normalized spacial score (nSPS) is 18.0. The average molecular weight is 363 g/mol. The van der Waals surface area contributed by atoms with Gasteiger partial charge in [0, 0.05) is 29.7 Å². The van der Waals surface area contributed by atoms with Crippen LogP contribution in [-0.4, -0.2) is 52.2 Å². The number of carbonyl (C=O) groups excluding carboxylic acids is 1. The summed E-state index contributed by atoms with van der Waals surface area (Å²) in [5, 5.41) is 11.0. The van der Waals surface area contributed by atoms with Crippen LogP contribution in [0.3, 0.4) is 0 Å². The number of likely N-dealkylation sites (tertiary alicyclic amines) is 1. The molecule has 2 N–H and O–H groups in total. The molecule has 0 spiro atoms. The maximum absolute atomic E-state index is 13.2. The molecule has 1 fully saturated rings. The minimum absolute atomic E-state index is 0.0301. The Labute approximate surface area is 159 Å². The van der Waals surface area contributed by atoms with Crippen LogP contribution in [0.1, 0.15) is 34.3 Å². The number of benzene rings is 1. The lowest BCUT2D eigenvalue weighted by atomic mass is 9.99. The molecule has 1 aliphatic rings. The van der Waals surface area contributed by atoms with Gasteiger partial charge in [-0.2, -0.15) is 5.10 Å². The molecule has 1 atom stereocenters. The molecule has 1 saturated heterocycles. The van der Waals surface area contributed by atoms with Crippen LogP contribution in [0.5, 0.6) is 0 Å². The summed E-state index contributed by atoms with van der Waals surface area (Å²) in [5.74, 6) is -0.0301. The Hall–Kier alpha value is -2.73. The zero-order valence-electron chi connectivity index (χ0n) is 16.0. The van der Waals surface area contributed by atoms with Crippen LogP contribution in [0.2, 0.25) is 0 Å². The number of hydrogen-bond acceptors (Lipinski definition) is 4. The fraction of sp³-hybridized carbons (Fsp3) is 0.381. The van der Waals surface area contributed by atoms with Crippen molar-refractivity contribution in [3.05, 3.63) is 47.3 Å². The maximum atomic E-state index is 13.2. The van der Waals surface area contributed by atoms with Crippen LogP contribution in [0.4, 0.5) is 0 Å². The second kappa shape index (κ2) is 7.12. The van der Waals surface area contributed by atoms with E-state index in [2.05, 4.69) is 39.6 Å². The molecule has 1 amide bonds. The number of piperidine rings is 1. The van der Waals surface area contributed by atoms with Crippen molar-refractivity contribution in [3.63, 3.8) is 0 Å². The number of rotatable bonds is 3. The topological polar surface area (TPSA) is 73.9 Å². The van der Waals surface area contributed by atoms with Crippen LogP contribution >= 0.6 is 0 Å². The molecular formula is C21H25N5O. The lowest BCUT2D eigenvalue weighted by Gasteiger charge is -2.30. The van der Waals surface area contributed by atoms with Gasteiger partial charge in [-0.25, -0.2) is 4.98 Å². The molecule has 3 heterocycles. The van der Waals surface area contributed by atoms with E-state index in [1.807, 2.05) is 19.9 Å². The zero-order valence-corrected chi connectivity index (χ0v) is 16.0. The van der Waals surface area contributed by atoms with E-state index in [1.54, 1.807) is 12.4 Å². The molecule has 0 bridgehead atoms. The number of nitrogens with one attached hydrogen (secondary N) is 2. The lowest BCUT2D eigenvalue weighted by molar-refractivity contribution is 0.0914. The predicted molar refractivity (Wildman–Crippen MR) is 107 cm³/mol. The first kappa shape index (κ1) is 17.7. The summed E-state index contributed by atoms with van der Waals surface area (Å²) in [6.45, 7) is 6.07. The third-order valence-corrected chi connectivity index (χ3v) is 5.25. The monoisotopic (exact) mass is 363 g/mol. The number of aromatic nitrogens is 3. The first-order chi connectivity index (χ1) is 13.0. The molecule has 0 unspecified atom stereocenters.